The third-order valence-electron chi connectivity index (χ3n) is 8.50. The normalized spacial score (nSPS) is 11.6. The molecular formula is C39H36N8O5. The fraction of sp³-hybridized carbons (Fsp3) is 0.231. The van der Waals surface area contributed by atoms with E-state index in [0.29, 0.717) is 108 Å². The van der Waals surface area contributed by atoms with Crippen molar-refractivity contribution in [2.75, 3.05) is 57.3 Å². The Balaban J connectivity index is 1.19. The first-order valence-electron chi connectivity index (χ1n) is 17.2. The monoisotopic (exact) mass is 696 g/mol. The van der Waals surface area contributed by atoms with Gasteiger partial charge in [0.15, 0.2) is 34.5 Å². The number of methoxy groups -OCH3 is 1. The van der Waals surface area contributed by atoms with Gasteiger partial charge in [-0.3, -0.25) is 0 Å². The topological polar surface area (TPSA) is 155 Å². The average Bonchev–Trinajstić information content (AvgIpc) is 3.76. The molecule has 2 aromatic carbocycles. The largest absolute Gasteiger partial charge is 0.497 e. The van der Waals surface area contributed by atoms with Crippen LogP contribution in [0.3, 0.4) is 0 Å². The van der Waals surface area contributed by atoms with Gasteiger partial charge in [-0.2, -0.15) is 0 Å². The van der Waals surface area contributed by atoms with Gasteiger partial charge in [0.05, 0.1) is 36.8 Å². The van der Waals surface area contributed by atoms with Crippen molar-refractivity contribution in [3.05, 3.63) is 79.0 Å². The first-order chi connectivity index (χ1) is 25.6. The van der Waals surface area contributed by atoms with Crippen molar-refractivity contribution in [1.82, 2.24) is 29.9 Å². The number of benzene rings is 2. The van der Waals surface area contributed by atoms with E-state index >= 15 is 0 Å². The molecule has 0 atom stereocenters. The standard InChI is InChI=1S/C39H36N8O5/c1-4-49-19-17-40-36-32-30(27-13-8-16-42-38(27)51-32)44-34(46-36)24-10-6-9-23(21-24)29-15-14-28-31-33(52-39(28)43-29)37(41-18-20-50-5-2)47-35(45-31)25-11-7-12-26(22-25)48-3/h6-16,21-22H,4-5,17-20H2,1-3H3,(H,40,44,46)(H,41,45,47). The quantitative estimate of drug-likeness (QED) is 0.106. The van der Waals surface area contributed by atoms with Crippen LogP contribution in [-0.2, 0) is 9.47 Å². The lowest BCUT2D eigenvalue weighted by molar-refractivity contribution is 0.158. The van der Waals surface area contributed by atoms with Gasteiger partial charge in [-0.15, -0.1) is 0 Å². The summed E-state index contributed by atoms with van der Waals surface area (Å²) in [6.45, 7) is 7.33. The van der Waals surface area contributed by atoms with Crippen molar-refractivity contribution in [2.45, 2.75) is 13.8 Å². The molecule has 6 heterocycles. The molecule has 13 nitrogen and oxygen atoms in total. The molecule has 262 valence electrons. The van der Waals surface area contributed by atoms with Gasteiger partial charge < -0.3 is 33.7 Å². The van der Waals surface area contributed by atoms with Crippen molar-refractivity contribution < 1.29 is 23.0 Å². The number of hydrogen-bond acceptors (Lipinski definition) is 13. The zero-order valence-electron chi connectivity index (χ0n) is 29.0. The Morgan fingerprint density at radius 1 is 0.615 bits per heavy atom. The average molecular weight is 697 g/mol. The second-order valence-electron chi connectivity index (χ2n) is 11.8. The number of ether oxygens (including phenoxy) is 3. The van der Waals surface area contributed by atoms with E-state index in [4.69, 9.17) is 48.0 Å². The van der Waals surface area contributed by atoms with Gasteiger partial charge in [-0.25, -0.2) is 29.9 Å². The molecule has 0 aliphatic rings. The fourth-order valence-electron chi connectivity index (χ4n) is 6.01. The van der Waals surface area contributed by atoms with Gasteiger partial charge in [0.25, 0.3) is 0 Å². The zero-order chi connectivity index (χ0) is 35.4. The van der Waals surface area contributed by atoms with E-state index in [1.165, 1.54) is 0 Å². The lowest BCUT2D eigenvalue weighted by Crippen LogP contribution is -2.11. The Labute approximate surface area is 298 Å². The third kappa shape index (κ3) is 6.43. The van der Waals surface area contributed by atoms with Crippen LogP contribution in [0.1, 0.15) is 13.8 Å². The maximum absolute atomic E-state index is 6.38. The van der Waals surface area contributed by atoms with Crippen LogP contribution in [0.4, 0.5) is 11.6 Å². The van der Waals surface area contributed by atoms with Crippen LogP contribution in [0, 0.1) is 0 Å². The molecule has 52 heavy (non-hydrogen) atoms. The lowest BCUT2D eigenvalue weighted by atomic mass is 10.1. The zero-order valence-corrected chi connectivity index (χ0v) is 29.0. The predicted octanol–water partition coefficient (Wildman–Crippen LogP) is 7.76. The summed E-state index contributed by atoms with van der Waals surface area (Å²) in [6, 6.07) is 23.4. The summed E-state index contributed by atoms with van der Waals surface area (Å²) >= 11 is 0. The van der Waals surface area contributed by atoms with Gasteiger partial charge in [0.2, 0.25) is 11.4 Å². The summed E-state index contributed by atoms with van der Waals surface area (Å²) in [5.41, 5.74) is 6.56. The Kier molecular flexibility index (Phi) is 9.25. The molecule has 0 saturated heterocycles. The smallest absolute Gasteiger partial charge is 0.229 e. The SMILES string of the molecule is CCOCCNc1nc(-c2cccc(-c3ccc4c(n3)oc3c(NCCOCC)nc(-c5cccc(OC)c5)nc34)c2)nc2c1oc1ncccc12. The highest BCUT2D eigenvalue weighted by Crippen LogP contribution is 2.36. The summed E-state index contributed by atoms with van der Waals surface area (Å²) in [5.74, 6) is 2.92. The molecule has 6 aromatic heterocycles. The van der Waals surface area contributed by atoms with Gasteiger partial charge >= 0.3 is 0 Å². The molecule has 0 aliphatic carbocycles. The van der Waals surface area contributed by atoms with Gasteiger partial charge in [0, 0.05) is 49.2 Å². The molecule has 0 bridgehead atoms. The van der Waals surface area contributed by atoms with Crippen molar-refractivity contribution >= 4 is 56.0 Å². The van der Waals surface area contributed by atoms with E-state index in [9.17, 15) is 0 Å². The summed E-state index contributed by atoms with van der Waals surface area (Å²) in [4.78, 5) is 29.0. The molecule has 13 heteroatoms. The maximum Gasteiger partial charge on any atom is 0.229 e. The molecule has 0 saturated carbocycles. The lowest BCUT2D eigenvalue weighted by Gasteiger charge is -2.09. The number of fused-ring (bicyclic) bond motifs is 6. The minimum absolute atomic E-state index is 0.443. The Morgan fingerprint density at radius 3 is 1.90 bits per heavy atom. The molecule has 2 N–H and O–H groups in total. The molecule has 8 aromatic rings. The summed E-state index contributed by atoms with van der Waals surface area (Å²) < 4.78 is 29.0. The van der Waals surface area contributed by atoms with Crippen LogP contribution >= 0.6 is 0 Å². The number of hydrogen-bond donors (Lipinski definition) is 2. The van der Waals surface area contributed by atoms with E-state index in [2.05, 4.69) is 15.6 Å². The number of pyridine rings is 2. The van der Waals surface area contributed by atoms with Crippen LogP contribution in [0.25, 0.3) is 78.4 Å². The first kappa shape index (κ1) is 33.0. The molecule has 0 fully saturated rings. The van der Waals surface area contributed by atoms with Crippen LogP contribution in [0.5, 0.6) is 5.75 Å². The minimum Gasteiger partial charge on any atom is -0.497 e. The highest BCUT2D eigenvalue weighted by Gasteiger charge is 2.20. The molecular weight excluding hydrogens is 660 g/mol. The van der Waals surface area contributed by atoms with Crippen LogP contribution < -0.4 is 15.4 Å². The van der Waals surface area contributed by atoms with Gasteiger partial charge in [-0.05, 0) is 56.3 Å². The molecule has 0 amide bonds. The number of anilines is 2. The highest BCUT2D eigenvalue weighted by molar-refractivity contribution is 6.06. The van der Waals surface area contributed by atoms with Crippen molar-refractivity contribution in [1.29, 1.82) is 0 Å². The molecule has 0 aliphatic heterocycles. The molecule has 8 rings (SSSR count). The predicted molar refractivity (Wildman–Crippen MR) is 201 cm³/mol. The summed E-state index contributed by atoms with van der Waals surface area (Å²) in [7, 11) is 1.64. The van der Waals surface area contributed by atoms with Gasteiger partial charge in [0.1, 0.15) is 16.8 Å². The van der Waals surface area contributed by atoms with E-state index in [1.807, 2.05) is 86.6 Å². The van der Waals surface area contributed by atoms with E-state index in [0.717, 1.165) is 27.5 Å². The third-order valence-corrected chi connectivity index (χ3v) is 8.50. The summed E-state index contributed by atoms with van der Waals surface area (Å²) in [5, 5.41) is 8.32. The van der Waals surface area contributed by atoms with E-state index in [-0.39, 0.29) is 0 Å². The summed E-state index contributed by atoms with van der Waals surface area (Å²) in [6.07, 6.45) is 1.70. The minimum atomic E-state index is 0.443. The molecule has 0 spiro atoms. The molecule has 0 unspecified atom stereocenters. The first-order valence-corrected chi connectivity index (χ1v) is 17.2. The maximum atomic E-state index is 6.38. The van der Waals surface area contributed by atoms with E-state index in [1.54, 1.807) is 13.3 Å². The van der Waals surface area contributed by atoms with Crippen molar-refractivity contribution in [3.63, 3.8) is 0 Å². The Morgan fingerprint density at radius 2 is 1.23 bits per heavy atom. The van der Waals surface area contributed by atoms with Crippen molar-refractivity contribution in [2.24, 2.45) is 0 Å². The van der Waals surface area contributed by atoms with Crippen LogP contribution in [0.15, 0.2) is 87.8 Å². The number of furan rings is 2. The van der Waals surface area contributed by atoms with Crippen LogP contribution in [0.2, 0.25) is 0 Å². The van der Waals surface area contributed by atoms with Crippen molar-refractivity contribution in [3.8, 4) is 39.8 Å². The second kappa shape index (κ2) is 14.6. The molecule has 0 radical (unpaired) electrons. The van der Waals surface area contributed by atoms with Crippen LogP contribution in [-0.4, -0.2) is 76.5 Å². The number of rotatable bonds is 14. The number of aromatic nitrogens is 6. The number of nitrogens with zero attached hydrogens (tertiary/aromatic N) is 6. The van der Waals surface area contributed by atoms with E-state index < -0.39 is 0 Å². The second-order valence-corrected chi connectivity index (χ2v) is 11.8. The Bertz CT molecular complexity index is 2530. The fourth-order valence-corrected chi connectivity index (χ4v) is 6.01. The highest BCUT2D eigenvalue weighted by atomic mass is 16.5. The Hall–Kier alpha value is -6.18. The number of nitrogens with one attached hydrogen (secondary N) is 2. The van der Waals surface area contributed by atoms with Gasteiger partial charge in [-0.1, -0.05) is 30.3 Å².